The molecule has 2 heterocycles. The Morgan fingerprint density at radius 3 is 2.64 bits per heavy atom. The summed E-state index contributed by atoms with van der Waals surface area (Å²) in [6.07, 6.45) is -4.72. The second-order valence-corrected chi connectivity index (χ2v) is 7.20. The first-order valence-electron chi connectivity index (χ1n) is 7.52. The van der Waals surface area contributed by atoms with Crippen LogP contribution in [-0.2, 0) is 6.18 Å². The molecule has 0 aliphatic carbocycles. The summed E-state index contributed by atoms with van der Waals surface area (Å²) in [4.78, 5) is 9.73. The lowest BCUT2D eigenvalue weighted by Gasteiger charge is -2.38. The van der Waals surface area contributed by atoms with E-state index in [0.717, 1.165) is 6.07 Å². The van der Waals surface area contributed by atoms with Crippen molar-refractivity contribution in [3.63, 3.8) is 0 Å². The van der Waals surface area contributed by atoms with E-state index in [-0.39, 0.29) is 34.1 Å². The van der Waals surface area contributed by atoms with Crippen LogP contribution in [0.25, 0.3) is 10.9 Å². The molecule has 0 amide bonds. The topological polar surface area (TPSA) is 41.1 Å². The Balaban J connectivity index is 2.30. The third-order valence-corrected chi connectivity index (χ3v) is 5.11. The number of nitrogens with zero attached hydrogens (tertiary/aromatic N) is 3. The molecule has 4 nitrogen and oxygen atoms in total. The van der Waals surface area contributed by atoms with Crippen LogP contribution in [0.2, 0.25) is 5.28 Å². The van der Waals surface area contributed by atoms with E-state index in [1.165, 1.54) is 0 Å². The van der Waals surface area contributed by atoms with E-state index >= 15 is 0 Å². The number of piperazine rings is 1. The summed E-state index contributed by atoms with van der Waals surface area (Å²) in [7, 11) is 0. The third kappa shape index (κ3) is 3.41. The highest BCUT2D eigenvalue weighted by atomic mass is 79.9. The molecule has 1 aromatic heterocycles. The highest BCUT2D eigenvalue weighted by Gasteiger charge is 2.36. The number of hydrogen-bond acceptors (Lipinski definition) is 4. The van der Waals surface area contributed by atoms with Crippen LogP contribution in [0.3, 0.4) is 0 Å². The van der Waals surface area contributed by atoms with Gasteiger partial charge in [0.15, 0.2) is 5.82 Å². The number of benzene rings is 1. The minimum Gasteiger partial charge on any atom is -0.350 e. The lowest BCUT2D eigenvalue weighted by atomic mass is 10.1. The average molecular weight is 442 g/mol. The summed E-state index contributed by atoms with van der Waals surface area (Å²) >= 11 is 8.59. The lowest BCUT2D eigenvalue weighted by molar-refractivity contribution is -0.138. The van der Waals surface area contributed by atoms with E-state index in [4.69, 9.17) is 11.6 Å². The van der Waals surface area contributed by atoms with Crippen LogP contribution in [-0.4, -0.2) is 35.1 Å². The third-order valence-electron chi connectivity index (χ3n) is 4.17. The number of fused-ring (bicyclic) bond motifs is 1. The van der Waals surface area contributed by atoms with Gasteiger partial charge in [0.25, 0.3) is 0 Å². The van der Waals surface area contributed by atoms with Gasteiger partial charge in [-0.05, 0) is 47.4 Å². The molecule has 1 fully saturated rings. The molecule has 0 spiro atoms. The largest absolute Gasteiger partial charge is 0.417 e. The van der Waals surface area contributed by atoms with Crippen LogP contribution in [0.15, 0.2) is 10.5 Å². The predicted molar refractivity (Wildman–Crippen MR) is 91.5 cm³/mol. The van der Waals surface area contributed by atoms with Gasteiger partial charge in [-0.3, -0.25) is 0 Å². The van der Waals surface area contributed by atoms with Gasteiger partial charge < -0.3 is 10.2 Å². The van der Waals surface area contributed by atoms with E-state index in [1.807, 2.05) is 18.7 Å². The summed E-state index contributed by atoms with van der Waals surface area (Å²) in [5.74, 6) is -0.904. The second kappa shape index (κ2) is 6.51. The Morgan fingerprint density at radius 1 is 1.32 bits per heavy atom. The van der Waals surface area contributed by atoms with Crippen molar-refractivity contribution in [3.05, 3.63) is 27.2 Å². The maximum atomic E-state index is 14.6. The molecule has 2 aromatic rings. The molecule has 1 aromatic carbocycles. The first-order valence-corrected chi connectivity index (χ1v) is 8.69. The molecule has 0 saturated carbocycles. The van der Waals surface area contributed by atoms with Crippen molar-refractivity contribution in [2.75, 3.05) is 18.0 Å². The van der Waals surface area contributed by atoms with Crippen LogP contribution in [0.5, 0.6) is 0 Å². The molecule has 1 saturated heterocycles. The van der Waals surface area contributed by atoms with Crippen molar-refractivity contribution >= 4 is 44.3 Å². The van der Waals surface area contributed by atoms with E-state index in [9.17, 15) is 17.6 Å². The van der Waals surface area contributed by atoms with Gasteiger partial charge in [-0.25, -0.2) is 9.37 Å². The molecular formula is C15H14BrClF4N4. The van der Waals surface area contributed by atoms with E-state index < -0.39 is 22.0 Å². The zero-order valence-electron chi connectivity index (χ0n) is 13.3. The van der Waals surface area contributed by atoms with Crippen molar-refractivity contribution in [2.24, 2.45) is 0 Å². The molecule has 0 unspecified atom stereocenters. The highest BCUT2D eigenvalue weighted by molar-refractivity contribution is 9.10. The molecule has 0 bridgehead atoms. The van der Waals surface area contributed by atoms with Gasteiger partial charge in [0.1, 0.15) is 11.3 Å². The van der Waals surface area contributed by atoms with Crippen LogP contribution < -0.4 is 10.2 Å². The van der Waals surface area contributed by atoms with Gasteiger partial charge in [-0.1, -0.05) is 0 Å². The molecular weight excluding hydrogens is 428 g/mol. The number of rotatable bonds is 1. The maximum Gasteiger partial charge on any atom is 0.417 e. The molecule has 2 atom stereocenters. The van der Waals surface area contributed by atoms with Gasteiger partial charge in [0, 0.05) is 30.6 Å². The van der Waals surface area contributed by atoms with Crippen molar-refractivity contribution in [2.45, 2.75) is 32.1 Å². The fourth-order valence-electron chi connectivity index (χ4n) is 2.90. The minimum absolute atomic E-state index is 0.0154. The van der Waals surface area contributed by atoms with E-state index in [2.05, 4.69) is 31.2 Å². The highest BCUT2D eigenvalue weighted by Crippen LogP contribution is 2.41. The summed E-state index contributed by atoms with van der Waals surface area (Å²) in [6, 6.07) is 0.918. The van der Waals surface area contributed by atoms with Crippen LogP contribution in [0, 0.1) is 5.82 Å². The fraction of sp³-hybridized carbons (Fsp3) is 0.467. The van der Waals surface area contributed by atoms with Crippen LogP contribution in [0.4, 0.5) is 23.4 Å². The minimum atomic E-state index is -4.72. The zero-order chi connectivity index (χ0) is 18.5. The summed E-state index contributed by atoms with van der Waals surface area (Å²) < 4.78 is 53.7. The Labute approximate surface area is 154 Å². The average Bonchev–Trinajstić information content (AvgIpc) is 2.52. The molecule has 25 heavy (non-hydrogen) atoms. The Kier molecular flexibility index (Phi) is 4.85. The molecule has 3 rings (SSSR count). The lowest BCUT2D eigenvalue weighted by Crippen LogP contribution is -2.54. The maximum absolute atomic E-state index is 14.6. The van der Waals surface area contributed by atoms with Gasteiger partial charge >= 0.3 is 6.18 Å². The number of nitrogens with one attached hydrogen (secondary N) is 1. The van der Waals surface area contributed by atoms with Gasteiger partial charge in [-0.15, -0.1) is 0 Å². The quantitative estimate of drug-likeness (QED) is 0.526. The zero-order valence-corrected chi connectivity index (χ0v) is 15.6. The number of halogens is 6. The number of aromatic nitrogens is 2. The monoisotopic (exact) mass is 440 g/mol. The van der Waals surface area contributed by atoms with Crippen molar-refractivity contribution < 1.29 is 17.6 Å². The second-order valence-electron chi connectivity index (χ2n) is 6.07. The smallest absolute Gasteiger partial charge is 0.350 e. The van der Waals surface area contributed by atoms with Crippen LogP contribution in [0.1, 0.15) is 19.4 Å². The van der Waals surface area contributed by atoms with Crippen molar-refractivity contribution in [3.8, 4) is 0 Å². The van der Waals surface area contributed by atoms with E-state index in [1.54, 1.807) is 0 Å². The molecule has 1 N–H and O–H groups in total. The standard InChI is InChI=1S/C15H14BrClF4N4/c1-6-5-25(7(2)4-22-6)13-8-3-9(15(19,20)21)10(16)11(18)12(8)23-14(17)24-13/h3,6-7,22H,4-5H2,1-2H3/t6-,7+/m1/s1. The molecule has 0 radical (unpaired) electrons. The number of alkyl halides is 3. The van der Waals surface area contributed by atoms with Gasteiger partial charge in [0.05, 0.1) is 10.0 Å². The Morgan fingerprint density at radius 2 is 2.00 bits per heavy atom. The predicted octanol–water partition coefficient (Wildman–Crippen LogP) is 4.39. The van der Waals surface area contributed by atoms with Gasteiger partial charge in [-0.2, -0.15) is 18.2 Å². The number of anilines is 1. The van der Waals surface area contributed by atoms with Crippen molar-refractivity contribution in [1.82, 2.24) is 15.3 Å². The SMILES string of the molecule is C[C@@H]1CN(c2nc(Cl)nc3c(F)c(Br)c(C(F)(F)F)cc23)[C@@H](C)CN1. The first-order chi connectivity index (χ1) is 11.6. The molecule has 136 valence electrons. The van der Waals surface area contributed by atoms with Crippen molar-refractivity contribution in [1.29, 1.82) is 0 Å². The molecule has 10 heteroatoms. The summed E-state index contributed by atoms with van der Waals surface area (Å²) in [5, 5.41) is 3.04. The molecule has 1 aliphatic heterocycles. The summed E-state index contributed by atoms with van der Waals surface area (Å²) in [6.45, 7) is 4.97. The van der Waals surface area contributed by atoms with Crippen LogP contribution >= 0.6 is 27.5 Å². The molecule has 1 aliphatic rings. The normalized spacial score (nSPS) is 21.8. The fourth-order valence-corrected chi connectivity index (χ4v) is 3.59. The van der Waals surface area contributed by atoms with E-state index in [0.29, 0.717) is 13.1 Å². The Hall–Kier alpha value is -1.19. The first kappa shape index (κ1) is 18.6. The summed E-state index contributed by atoms with van der Waals surface area (Å²) in [5.41, 5.74) is -1.35. The van der Waals surface area contributed by atoms with Gasteiger partial charge in [0.2, 0.25) is 5.28 Å². The number of hydrogen-bond donors (Lipinski definition) is 1. The Bertz CT molecular complexity index is 830.